The third-order valence-electron chi connectivity index (χ3n) is 5.98. The topological polar surface area (TPSA) is 54.7 Å². The molecule has 4 aromatic rings. The zero-order valence-corrected chi connectivity index (χ0v) is 17.2. The molecule has 2 aliphatic rings. The Balaban J connectivity index is 1.30. The van der Waals surface area contributed by atoms with E-state index < -0.39 is 0 Å². The highest BCUT2D eigenvalue weighted by Gasteiger charge is 2.17. The van der Waals surface area contributed by atoms with E-state index in [1.807, 2.05) is 16.8 Å². The molecule has 6 nitrogen and oxygen atoms in total. The number of hydrogen-bond donors (Lipinski definition) is 1. The molecule has 0 amide bonds. The Bertz CT molecular complexity index is 1270. The van der Waals surface area contributed by atoms with Crippen LogP contribution in [0.25, 0.3) is 17.3 Å². The molecular formula is C25H23N5O. The second-order valence-corrected chi connectivity index (χ2v) is 7.95. The first-order chi connectivity index (χ1) is 15.3. The Labute approximate surface area is 180 Å². The highest BCUT2D eigenvalue weighted by Crippen LogP contribution is 2.32. The second kappa shape index (κ2) is 7.56. The predicted octanol–water partition coefficient (Wildman–Crippen LogP) is 4.41. The summed E-state index contributed by atoms with van der Waals surface area (Å²) < 4.78 is 7.49. The summed E-state index contributed by atoms with van der Waals surface area (Å²) in [6, 6.07) is 17.0. The summed E-state index contributed by atoms with van der Waals surface area (Å²) in [7, 11) is 0. The van der Waals surface area contributed by atoms with Crippen LogP contribution in [0.15, 0.2) is 67.1 Å². The van der Waals surface area contributed by atoms with E-state index >= 15 is 0 Å². The summed E-state index contributed by atoms with van der Waals surface area (Å²) in [5.74, 6) is 0.762. The Morgan fingerprint density at radius 3 is 2.65 bits per heavy atom. The largest absolute Gasteiger partial charge is 0.378 e. The first kappa shape index (κ1) is 18.2. The molecule has 6 rings (SSSR count). The molecule has 0 atom stereocenters. The molecule has 3 heterocycles. The Kier molecular flexibility index (Phi) is 4.43. The molecule has 6 heteroatoms. The minimum absolute atomic E-state index is 0.762. The average molecular weight is 409 g/mol. The monoisotopic (exact) mass is 409 g/mol. The summed E-state index contributed by atoms with van der Waals surface area (Å²) in [5, 5.41) is 3.48. The van der Waals surface area contributed by atoms with E-state index in [2.05, 4.69) is 76.0 Å². The van der Waals surface area contributed by atoms with Crippen LogP contribution in [0.2, 0.25) is 0 Å². The standard InChI is InChI=1S/C25H23N5O/c1-2-4-19-16-20(15-18(19)3-1)23-17-30-10-9-26-25(30)24(28-23)27-21-5-7-22(8-6-21)29-11-13-31-14-12-29/h1-10,15,17H,11-14,16H2,(H,27,28). The van der Waals surface area contributed by atoms with Crippen LogP contribution >= 0.6 is 0 Å². The van der Waals surface area contributed by atoms with E-state index in [1.165, 1.54) is 22.4 Å². The van der Waals surface area contributed by atoms with Crippen LogP contribution in [-0.2, 0) is 11.2 Å². The summed E-state index contributed by atoms with van der Waals surface area (Å²) in [6.45, 7) is 3.44. The summed E-state index contributed by atoms with van der Waals surface area (Å²) in [6.07, 6.45) is 8.98. The van der Waals surface area contributed by atoms with Gasteiger partial charge in [-0.25, -0.2) is 9.97 Å². The van der Waals surface area contributed by atoms with E-state index in [9.17, 15) is 0 Å². The molecule has 0 bridgehead atoms. The predicted molar refractivity (Wildman–Crippen MR) is 124 cm³/mol. The van der Waals surface area contributed by atoms with Crippen LogP contribution < -0.4 is 10.2 Å². The van der Waals surface area contributed by atoms with E-state index in [4.69, 9.17) is 9.72 Å². The third kappa shape index (κ3) is 3.45. The SMILES string of the molecule is C1=C(c2cn3ccnc3c(Nc3ccc(N4CCOCC4)cc3)n2)Cc2ccccc21. The van der Waals surface area contributed by atoms with E-state index in [0.29, 0.717) is 0 Å². The molecule has 2 aromatic carbocycles. The molecular weight excluding hydrogens is 386 g/mol. The van der Waals surface area contributed by atoms with Gasteiger partial charge < -0.3 is 19.4 Å². The van der Waals surface area contributed by atoms with Crippen LogP contribution in [-0.4, -0.2) is 40.7 Å². The van der Waals surface area contributed by atoms with Crippen LogP contribution in [0.5, 0.6) is 0 Å². The van der Waals surface area contributed by atoms with Gasteiger partial charge in [-0.2, -0.15) is 0 Å². The number of ether oxygens (including phenoxy) is 1. The number of rotatable bonds is 4. The van der Waals surface area contributed by atoms with Crippen LogP contribution in [0.4, 0.5) is 17.2 Å². The molecule has 1 aliphatic heterocycles. The zero-order valence-electron chi connectivity index (χ0n) is 17.2. The Morgan fingerprint density at radius 2 is 1.81 bits per heavy atom. The third-order valence-corrected chi connectivity index (χ3v) is 5.98. The van der Waals surface area contributed by atoms with Gasteiger partial charge in [-0.1, -0.05) is 24.3 Å². The molecule has 1 aliphatic carbocycles. The lowest BCUT2D eigenvalue weighted by Gasteiger charge is -2.28. The normalized spacial score (nSPS) is 15.7. The van der Waals surface area contributed by atoms with E-state index in [1.54, 1.807) is 0 Å². The van der Waals surface area contributed by atoms with Gasteiger partial charge in [-0.05, 0) is 47.0 Å². The van der Waals surface area contributed by atoms with Crippen LogP contribution in [0.3, 0.4) is 0 Å². The maximum Gasteiger partial charge on any atom is 0.180 e. The first-order valence-electron chi connectivity index (χ1n) is 10.7. The summed E-state index contributed by atoms with van der Waals surface area (Å²) in [4.78, 5) is 11.8. The molecule has 0 saturated carbocycles. The van der Waals surface area contributed by atoms with Crippen molar-refractivity contribution in [3.8, 4) is 0 Å². The zero-order chi connectivity index (χ0) is 20.6. The van der Waals surface area contributed by atoms with Crippen molar-refractivity contribution in [1.29, 1.82) is 0 Å². The molecule has 1 saturated heterocycles. The minimum Gasteiger partial charge on any atom is -0.378 e. The van der Waals surface area contributed by atoms with E-state index in [0.717, 1.165) is 55.6 Å². The van der Waals surface area contributed by atoms with Gasteiger partial charge in [0.05, 0.1) is 18.9 Å². The van der Waals surface area contributed by atoms with Gasteiger partial charge in [-0.15, -0.1) is 0 Å². The molecule has 0 unspecified atom stereocenters. The smallest absolute Gasteiger partial charge is 0.180 e. The van der Waals surface area contributed by atoms with Gasteiger partial charge in [0.25, 0.3) is 0 Å². The van der Waals surface area contributed by atoms with Crippen molar-refractivity contribution in [2.75, 3.05) is 36.5 Å². The van der Waals surface area contributed by atoms with Gasteiger partial charge in [0.1, 0.15) is 0 Å². The highest BCUT2D eigenvalue weighted by molar-refractivity contribution is 5.88. The van der Waals surface area contributed by atoms with Crippen molar-refractivity contribution in [3.63, 3.8) is 0 Å². The molecule has 0 radical (unpaired) electrons. The highest BCUT2D eigenvalue weighted by atomic mass is 16.5. The van der Waals surface area contributed by atoms with Crippen molar-refractivity contribution in [2.24, 2.45) is 0 Å². The first-order valence-corrected chi connectivity index (χ1v) is 10.7. The molecule has 0 spiro atoms. The number of fused-ring (bicyclic) bond motifs is 2. The molecule has 2 aromatic heterocycles. The molecule has 1 N–H and O–H groups in total. The number of anilines is 3. The summed E-state index contributed by atoms with van der Waals surface area (Å²) in [5.41, 5.74) is 7.84. The number of nitrogens with zero attached hydrogens (tertiary/aromatic N) is 4. The Hall–Kier alpha value is -3.64. The van der Waals surface area contributed by atoms with E-state index in [-0.39, 0.29) is 0 Å². The second-order valence-electron chi connectivity index (χ2n) is 7.95. The van der Waals surface area contributed by atoms with Gasteiger partial charge in [0, 0.05) is 49.5 Å². The molecule has 154 valence electrons. The van der Waals surface area contributed by atoms with Crippen molar-refractivity contribution < 1.29 is 4.74 Å². The number of imidazole rings is 1. The average Bonchev–Trinajstić information content (AvgIpc) is 3.47. The maximum atomic E-state index is 5.46. The van der Waals surface area contributed by atoms with Gasteiger partial charge >= 0.3 is 0 Å². The minimum atomic E-state index is 0.762. The number of allylic oxidation sites excluding steroid dienone is 1. The van der Waals surface area contributed by atoms with Crippen molar-refractivity contribution in [1.82, 2.24) is 14.4 Å². The Morgan fingerprint density at radius 1 is 0.968 bits per heavy atom. The number of morpholine rings is 1. The van der Waals surface area contributed by atoms with Crippen LogP contribution in [0.1, 0.15) is 16.8 Å². The quantitative estimate of drug-likeness (QED) is 0.541. The van der Waals surface area contributed by atoms with Crippen molar-refractivity contribution in [2.45, 2.75) is 6.42 Å². The number of nitrogens with one attached hydrogen (secondary N) is 1. The van der Waals surface area contributed by atoms with Gasteiger partial charge in [0.2, 0.25) is 0 Å². The number of hydrogen-bond acceptors (Lipinski definition) is 5. The van der Waals surface area contributed by atoms with Crippen molar-refractivity contribution >= 4 is 34.5 Å². The maximum absolute atomic E-state index is 5.46. The lowest BCUT2D eigenvalue weighted by Crippen LogP contribution is -2.36. The fourth-order valence-corrected chi connectivity index (χ4v) is 4.33. The lowest BCUT2D eigenvalue weighted by atomic mass is 10.1. The van der Waals surface area contributed by atoms with Gasteiger partial charge in [0.15, 0.2) is 11.5 Å². The fraction of sp³-hybridized carbons (Fsp3) is 0.200. The van der Waals surface area contributed by atoms with Gasteiger partial charge in [-0.3, -0.25) is 0 Å². The number of aromatic nitrogens is 3. The van der Waals surface area contributed by atoms with Crippen molar-refractivity contribution in [3.05, 3.63) is 83.9 Å². The number of benzene rings is 2. The molecule has 1 fully saturated rings. The van der Waals surface area contributed by atoms with Crippen LogP contribution in [0, 0.1) is 0 Å². The fourth-order valence-electron chi connectivity index (χ4n) is 4.33. The molecule has 31 heavy (non-hydrogen) atoms. The lowest BCUT2D eigenvalue weighted by molar-refractivity contribution is 0.122. The summed E-state index contributed by atoms with van der Waals surface area (Å²) >= 11 is 0.